The molecule has 2 aromatic heterocycles. The van der Waals surface area contributed by atoms with E-state index in [1.807, 2.05) is 6.92 Å². The molecule has 2 heterocycles. The standard InChI is InChI=1S/C16H21N5O4/c1-4-5-8-21-15(23)7-6-12(18-21)16(24)20(3)10-14(22)17-13-9-11(2)25-19-13/h6-7,9H,4-5,8,10H2,1-3H3,(H,17,19,22). The predicted octanol–water partition coefficient (Wildman–Crippen LogP) is 1.05. The molecule has 0 saturated carbocycles. The number of hydrogen-bond acceptors (Lipinski definition) is 6. The third kappa shape index (κ3) is 5.00. The molecule has 0 radical (unpaired) electrons. The maximum Gasteiger partial charge on any atom is 0.274 e. The second-order valence-electron chi connectivity index (χ2n) is 5.67. The van der Waals surface area contributed by atoms with E-state index in [0.29, 0.717) is 12.3 Å². The lowest BCUT2D eigenvalue weighted by Gasteiger charge is -2.16. The van der Waals surface area contributed by atoms with Crippen molar-refractivity contribution < 1.29 is 14.1 Å². The van der Waals surface area contributed by atoms with Gasteiger partial charge in [-0.1, -0.05) is 18.5 Å². The van der Waals surface area contributed by atoms with Gasteiger partial charge in [-0.15, -0.1) is 0 Å². The number of unbranched alkanes of at least 4 members (excludes halogenated alkanes) is 1. The first-order valence-electron chi connectivity index (χ1n) is 7.97. The smallest absolute Gasteiger partial charge is 0.274 e. The lowest BCUT2D eigenvalue weighted by atomic mass is 10.3. The molecule has 0 aliphatic carbocycles. The first-order chi connectivity index (χ1) is 11.9. The molecule has 0 bridgehead atoms. The Hall–Kier alpha value is -2.97. The number of carbonyl (C=O) groups excluding carboxylic acids is 2. The minimum absolute atomic E-state index is 0.114. The summed E-state index contributed by atoms with van der Waals surface area (Å²) in [7, 11) is 1.49. The van der Waals surface area contributed by atoms with Crippen LogP contribution in [0.1, 0.15) is 36.0 Å². The molecule has 2 aromatic rings. The summed E-state index contributed by atoms with van der Waals surface area (Å²) < 4.78 is 6.12. The maximum atomic E-state index is 12.4. The fraction of sp³-hybridized carbons (Fsp3) is 0.438. The molecule has 0 aromatic carbocycles. The number of aryl methyl sites for hydroxylation is 2. The summed E-state index contributed by atoms with van der Waals surface area (Å²) >= 11 is 0. The number of amides is 2. The summed E-state index contributed by atoms with van der Waals surface area (Å²) in [6.45, 7) is 3.98. The zero-order valence-corrected chi connectivity index (χ0v) is 14.5. The molecule has 0 spiro atoms. The van der Waals surface area contributed by atoms with E-state index >= 15 is 0 Å². The van der Waals surface area contributed by atoms with E-state index in [0.717, 1.165) is 12.8 Å². The van der Waals surface area contributed by atoms with E-state index in [-0.39, 0.29) is 23.6 Å². The van der Waals surface area contributed by atoms with Gasteiger partial charge < -0.3 is 14.7 Å². The second kappa shape index (κ2) is 8.22. The first-order valence-corrected chi connectivity index (χ1v) is 7.97. The number of aromatic nitrogens is 3. The zero-order chi connectivity index (χ0) is 18.4. The van der Waals surface area contributed by atoms with Gasteiger partial charge in [0.25, 0.3) is 11.5 Å². The Morgan fingerprint density at radius 2 is 2.12 bits per heavy atom. The molecule has 25 heavy (non-hydrogen) atoms. The Bertz CT molecular complexity index is 811. The van der Waals surface area contributed by atoms with Crippen LogP contribution in [0, 0.1) is 6.92 Å². The topological polar surface area (TPSA) is 110 Å². The van der Waals surface area contributed by atoms with E-state index in [4.69, 9.17) is 4.52 Å². The summed E-state index contributed by atoms with van der Waals surface area (Å²) in [6.07, 6.45) is 1.70. The lowest BCUT2D eigenvalue weighted by Crippen LogP contribution is -2.36. The van der Waals surface area contributed by atoms with Crippen LogP contribution in [0.5, 0.6) is 0 Å². The van der Waals surface area contributed by atoms with Gasteiger partial charge in [0.1, 0.15) is 11.5 Å². The highest BCUT2D eigenvalue weighted by Gasteiger charge is 2.18. The minimum Gasteiger partial charge on any atom is -0.360 e. The van der Waals surface area contributed by atoms with E-state index in [1.54, 1.807) is 13.0 Å². The van der Waals surface area contributed by atoms with Crippen LogP contribution in [-0.2, 0) is 11.3 Å². The molecule has 9 heteroatoms. The van der Waals surface area contributed by atoms with Crippen molar-refractivity contribution in [1.29, 1.82) is 0 Å². The van der Waals surface area contributed by atoms with Crippen molar-refractivity contribution in [3.63, 3.8) is 0 Å². The first kappa shape index (κ1) is 18.4. The van der Waals surface area contributed by atoms with Gasteiger partial charge >= 0.3 is 0 Å². The predicted molar refractivity (Wildman–Crippen MR) is 90.2 cm³/mol. The minimum atomic E-state index is -0.447. The van der Waals surface area contributed by atoms with Crippen molar-refractivity contribution >= 4 is 17.6 Å². The highest BCUT2D eigenvalue weighted by Crippen LogP contribution is 2.07. The van der Waals surface area contributed by atoms with Crippen LogP contribution in [0.4, 0.5) is 5.82 Å². The molecule has 0 fully saturated rings. The summed E-state index contributed by atoms with van der Waals surface area (Å²) in [6, 6.07) is 4.25. The van der Waals surface area contributed by atoms with Crippen LogP contribution in [0.25, 0.3) is 0 Å². The highest BCUT2D eigenvalue weighted by atomic mass is 16.5. The van der Waals surface area contributed by atoms with Crippen LogP contribution < -0.4 is 10.9 Å². The molecular formula is C16H21N5O4. The number of nitrogens with one attached hydrogen (secondary N) is 1. The van der Waals surface area contributed by atoms with Crippen LogP contribution in [0.2, 0.25) is 0 Å². The van der Waals surface area contributed by atoms with Gasteiger partial charge in [0.05, 0.1) is 6.54 Å². The molecule has 134 valence electrons. The fourth-order valence-electron chi connectivity index (χ4n) is 2.12. The van der Waals surface area contributed by atoms with E-state index < -0.39 is 11.8 Å². The van der Waals surface area contributed by atoms with Crippen LogP contribution in [-0.4, -0.2) is 45.2 Å². The molecule has 0 atom stereocenters. The van der Waals surface area contributed by atoms with Gasteiger partial charge in [0, 0.05) is 25.7 Å². The Morgan fingerprint density at radius 3 is 2.76 bits per heavy atom. The van der Waals surface area contributed by atoms with Gasteiger partial charge in [-0.3, -0.25) is 14.4 Å². The molecule has 2 rings (SSSR count). The Kier molecular flexibility index (Phi) is 6.04. The van der Waals surface area contributed by atoms with Crippen molar-refractivity contribution in [3.05, 3.63) is 40.0 Å². The number of rotatable bonds is 7. The molecule has 0 saturated heterocycles. The summed E-state index contributed by atoms with van der Waals surface area (Å²) in [5.74, 6) is -0.00644. The maximum absolute atomic E-state index is 12.4. The lowest BCUT2D eigenvalue weighted by molar-refractivity contribution is -0.116. The van der Waals surface area contributed by atoms with Crippen LogP contribution in [0.3, 0.4) is 0 Å². The zero-order valence-electron chi connectivity index (χ0n) is 14.5. The number of nitrogens with zero attached hydrogens (tertiary/aromatic N) is 4. The Balaban J connectivity index is 2.01. The van der Waals surface area contributed by atoms with E-state index in [1.165, 1.54) is 28.8 Å². The van der Waals surface area contributed by atoms with Gasteiger partial charge in [0.2, 0.25) is 5.91 Å². The monoisotopic (exact) mass is 347 g/mol. The third-order valence-electron chi connectivity index (χ3n) is 3.43. The molecule has 9 nitrogen and oxygen atoms in total. The highest BCUT2D eigenvalue weighted by molar-refractivity contribution is 5.97. The summed E-state index contributed by atoms with van der Waals surface area (Å²) in [5.41, 5.74) is -0.143. The van der Waals surface area contributed by atoms with Crippen LogP contribution >= 0.6 is 0 Å². The van der Waals surface area contributed by atoms with Gasteiger partial charge in [0.15, 0.2) is 5.82 Å². The molecule has 0 unspecified atom stereocenters. The SMILES string of the molecule is CCCCn1nc(C(=O)N(C)CC(=O)Nc2cc(C)on2)ccc1=O. The van der Waals surface area contributed by atoms with Crippen molar-refractivity contribution in [3.8, 4) is 0 Å². The Labute approximate surface area is 144 Å². The normalized spacial score (nSPS) is 10.5. The number of anilines is 1. The fourth-order valence-corrected chi connectivity index (χ4v) is 2.12. The van der Waals surface area contributed by atoms with E-state index in [9.17, 15) is 14.4 Å². The van der Waals surface area contributed by atoms with Crippen molar-refractivity contribution in [2.45, 2.75) is 33.2 Å². The van der Waals surface area contributed by atoms with Gasteiger partial charge in [-0.05, 0) is 19.4 Å². The third-order valence-corrected chi connectivity index (χ3v) is 3.43. The number of likely N-dealkylation sites (N-methyl/N-ethyl adjacent to an activating group) is 1. The molecule has 2 amide bonds. The van der Waals surface area contributed by atoms with Crippen molar-refractivity contribution in [2.24, 2.45) is 0 Å². The molecule has 0 aliphatic heterocycles. The quantitative estimate of drug-likeness (QED) is 0.801. The van der Waals surface area contributed by atoms with Crippen molar-refractivity contribution in [1.82, 2.24) is 19.8 Å². The summed E-state index contributed by atoms with van der Waals surface area (Å²) in [4.78, 5) is 37.3. The van der Waals surface area contributed by atoms with Crippen molar-refractivity contribution in [2.75, 3.05) is 18.9 Å². The molecular weight excluding hydrogens is 326 g/mol. The average molecular weight is 347 g/mol. The van der Waals surface area contributed by atoms with E-state index in [2.05, 4.69) is 15.6 Å². The molecule has 0 aliphatic rings. The number of carbonyl (C=O) groups is 2. The van der Waals surface area contributed by atoms with Gasteiger partial charge in [-0.25, -0.2) is 4.68 Å². The second-order valence-corrected chi connectivity index (χ2v) is 5.67. The molecule has 1 N–H and O–H groups in total. The average Bonchev–Trinajstić information content (AvgIpc) is 2.98. The van der Waals surface area contributed by atoms with Gasteiger partial charge in [-0.2, -0.15) is 5.10 Å². The summed E-state index contributed by atoms with van der Waals surface area (Å²) in [5, 5.41) is 10.3. The van der Waals surface area contributed by atoms with Crippen LogP contribution in [0.15, 0.2) is 27.5 Å². The largest absolute Gasteiger partial charge is 0.360 e. The number of hydrogen-bond donors (Lipinski definition) is 1. The Morgan fingerprint density at radius 1 is 1.36 bits per heavy atom.